The summed E-state index contributed by atoms with van der Waals surface area (Å²) in [7, 11) is 1.53. The number of nitrogens with one attached hydrogen (secondary N) is 1. The molecule has 0 aromatic rings. The van der Waals surface area contributed by atoms with E-state index in [1.807, 2.05) is 27.2 Å². The lowest BCUT2D eigenvalue weighted by molar-refractivity contribution is -0.870. The predicted octanol–water partition coefficient (Wildman–Crippen LogP) is 24.1. The minimum absolute atomic E-state index is 0.0456. The molecule has 0 aromatic carbocycles. The molecule has 8 nitrogen and oxygen atoms in total. The third-order valence-electron chi connectivity index (χ3n) is 15.7. The number of amides is 1. The molecule has 3 atom stereocenters. The average Bonchev–Trinajstić information content (AvgIpc) is 3.09. The van der Waals surface area contributed by atoms with Gasteiger partial charge in [-0.3, -0.25) is 13.8 Å². The second-order valence-electron chi connectivity index (χ2n) is 25.6. The number of carbonyl (C=O) groups is 1. The fourth-order valence-corrected chi connectivity index (χ4v) is 10.8. The maximum Gasteiger partial charge on any atom is 0.472 e. The van der Waals surface area contributed by atoms with Crippen LogP contribution in [0.2, 0.25) is 0 Å². The Morgan fingerprint density at radius 3 is 1.02 bits per heavy atom. The number of hydrogen-bond donors (Lipinski definition) is 3. The van der Waals surface area contributed by atoms with Crippen molar-refractivity contribution >= 4 is 13.7 Å². The molecule has 0 spiro atoms. The summed E-state index contributed by atoms with van der Waals surface area (Å²) in [5, 5.41) is 14.0. The summed E-state index contributed by atoms with van der Waals surface area (Å²) in [6.45, 7) is 4.68. The molecule has 1 amide bonds. The number of rotatable bonds is 66. The van der Waals surface area contributed by atoms with Gasteiger partial charge in [-0.1, -0.05) is 326 Å². The smallest absolute Gasteiger partial charge is 0.387 e. The van der Waals surface area contributed by atoms with Gasteiger partial charge in [0.1, 0.15) is 13.2 Å². The van der Waals surface area contributed by atoms with Crippen molar-refractivity contribution in [2.24, 2.45) is 0 Å². The van der Waals surface area contributed by atoms with E-state index in [1.165, 1.54) is 161 Å². The lowest BCUT2D eigenvalue weighted by atomic mass is 10.0. The lowest BCUT2D eigenvalue weighted by Gasteiger charge is -2.25. The van der Waals surface area contributed by atoms with Crippen LogP contribution < -0.4 is 5.32 Å². The molecule has 0 saturated carbocycles. The zero-order chi connectivity index (χ0) is 65.5. The third kappa shape index (κ3) is 71.6. The zero-order valence-corrected chi connectivity index (χ0v) is 59.7. The molecule has 0 radical (unpaired) electrons. The van der Waals surface area contributed by atoms with Gasteiger partial charge >= 0.3 is 7.82 Å². The highest BCUT2D eigenvalue weighted by molar-refractivity contribution is 7.47. The number of hydrogen-bond acceptors (Lipinski definition) is 5. The van der Waals surface area contributed by atoms with Gasteiger partial charge in [0.05, 0.1) is 39.9 Å². The van der Waals surface area contributed by atoms with E-state index in [0.29, 0.717) is 17.4 Å². The molecule has 3 N–H and O–H groups in total. The van der Waals surface area contributed by atoms with Crippen molar-refractivity contribution in [3.05, 3.63) is 158 Å². The van der Waals surface area contributed by atoms with Gasteiger partial charge in [0.15, 0.2) is 0 Å². The molecule has 0 aromatic heterocycles. The number of phosphoric ester groups is 1. The quantitative estimate of drug-likeness (QED) is 0.0243. The Labute approximate surface area is 556 Å². The number of allylic oxidation sites excluding steroid dienone is 25. The van der Waals surface area contributed by atoms with Gasteiger partial charge in [-0.2, -0.15) is 0 Å². The minimum atomic E-state index is -4.38. The Kier molecular flexibility index (Phi) is 66.5. The van der Waals surface area contributed by atoms with E-state index in [9.17, 15) is 19.4 Å². The van der Waals surface area contributed by atoms with Gasteiger partial charge in [0, 0.05) is 6.42 Å². The molecular formula is C81H140N2O6P+. The van der Waals surface area contributed by atoms with Crippen molar-refractivity contribution in [3.63, 3.8) is 0 Å². The fourth-order valence-electron chi connectivity index (χ4n) is 10.0. The normalized spacial score (nSPS) is 14.5. The van der Waals surface area contributed by atoms with Gasteiger partial charge in [-0.05, 0) is 122 Å². The van der Waals surface area contributed by atoms with E-state index >= 15 is 0 Å². The van der Waals surface area contributed by atoms with Gasteiger partial charge in [0.25, 0.3) is 0 Å². The van der Waals surface area contributed by atoms with Crippen LogP contribution in [0.3, 0.4) is 0 Å². The number of aliphatic hydroxyl groups is 1. The van der Waals surface area contributed by atoms with Crippen LogP contribution in [0.5, 0.6) is 0 Å². The van der Waals surface area contributed by atoms with Crippen molar-refractivity contribution in [2.75, 3.05) is 40.9 Å². The van der Waals surface area contributed by atoms with Gasteiger partial charge in [-0.25, -0.2) is 4.57 Å². The number of likely N-dealkylation sites (N-methyl/N-ethyl adjacent to an activating group) is 1. The SMILES string of the molecule is CC/C=C\C/C=C\C/C=C\C/C=C\C/C=C\C/C=C\C/C=C\C/C=C\C/C=C\C/C=C\CCCCCCCCCCCCC(=O)NC(COP(=O)(O)OCC[N+](C)(C)C)C(O)/C=C/CC/C=C/CC/C=C/CCCCCCCCCCCCCCCCCCC. The van der Waals surface area contributed by atoms with Gasteiger partial charge in [-0.15, -0.1) is 0 Å². The van der Waals surface area contributed by atoms with Crippen molar-refractivity contribution in [1.82, 2.24) is 5.32 Å². The van der Waals surface area contributed by atoms with E-state index in [-0.39, 0.29) is 19.1 Å². The Morgan fingerprint density at radius 1 is 0.389 bits per heavy atom. The van der Waals surface area contributed by atoms with Crippen LogP contribution in [0, 0.1) is 0 Å². The maximum absolute atomic E-state index is 13.1. The number of aliphatic hydroxyl groups excluding tert-OH is 1. The molecule has 0 aliphatic rings. The molecule has 514 valence electrons. The summed E-state index contributed by atoms with van der Waals surface area (Å²) < 4.78 is 23.8. The molecule has 9 heteroatoms. The minimum Gasteiger partial charge on any atom is -0.387 e. The van der Waals surface area contributed by atoms with E-state index in [2.05, 4.69) is 165 Å². The molecule has 0 aliphatic carbocycles. The van der Waals surface area contributed by atoms with Crippen molar-refractivity contribution in [2.45, 2.75) is 309 Å². The Balaban J connectivity index is 4.16. The number of phosphoric acid groups is 1. The zero-order valence-electron chi connectivity index (χ0n) is 58.8. The highest BCUT2D eigenvalue weighted by Gasteiger charge is 2.28. The predicted molar refractivity (Wildman–Crippen MR) is 396 cm³/mol. The molecular weight excluding hydrogens is 1130 g/mol. The molecule has 0 bridgehead atoms. The van der Waals surface area contributed by atoms with Crippen LogP contribution in [0.4, 0.5) is 0 Å². The monoisotopic (exact) mass is 1270 g/mol. The van der Waals surface area contributed by atoms with E-state index in [1.54, 1.807) is 6.08 Å². The summed E-state index contributed by atoms with van der Waals surface area (Å²) in [6, 6.07) is -0.885. The molecule has 0 aliphatic heterocycles. The fraction of sp³-hybridized carbons (Fsp3) is 0.667. The Bertz CT molecular complexity index is 2030. The standard InChI is InChI=1S/C81H139N2O6P/c1-6-8-10-12-14-16-18-20-22-24-26-28-30-32-34-35-36-37-38-39-40-41-42-43-44-45-46-47-49-51-53-55-57-59-61-63-65-67-69-71-73-75-81(85)82-79(78-89-90(86,87)88-77-76-83(3,4)5)80(84)74-72-70-68-66-64-62-60-58-56-54-52-50-48-33-31-29-27-25-23-21-19-17-15-13-11-9-7-2/h8,10,14,16,20,22,26,28,32,34,36-37,39-40,42-43,45-46,49,51,56,58,64,66,72,74,79-80,84H,6-7,9,11-13,15,17-19,21,23-25,27,29-31,33,35,38,41,44,47-48,50,52-55,57,59-63,65,67-71,73,75-78H2,1-5H3,(H-,82,85,86,87)/p+1/b10-8-,16-14-,22-20-,28-26-,34-32-,37-36-,40-39-,43-42-,46-45-,51-49-,58-56+,66-64+,74-72+. The summed E-state index contributed by atoms with van der Waals surface area (Å²) >= 11 is 0. The second-order valence-corrected chi connectivity index (χ2v) is 27.0. The van der Waals surface area contributed by atoms with Crippen LogP contribution >= 0.6 is 7.82 Å². The maximum atomic E-state index is 13.1. The summed E-state index contributed by atoms with van der Waals surface area (Å²) in [6.07, 6.45) is 108. The number of unbranched alkanes of at least 4 members (excludes halogenated alkanes) is 29. The number of nitrogens with zero attached hydrogens (tertiary/aromatic N) is 1. The Morgan fingerprint density at radius 2 is 0.678 bits per heavy atom. The molecule has 3 unspecified atom stereocenters. The van der Waals surface area contributed by atoms with Crippen LogP contribution in [0.1, 0.15) is 296 Å². The van der Waals surface area contributed by atoms with Crippen LogP contribution in [-0.4, -0.2) is 73.4 Å². The number of quaternary nitrogens is 1. The molecule has 0 heterocycles. The van der Waals surface area contributed by atoms with E-state index < -0.39 is 20.0 Å². The average molecular weight is 1270 g/mol. The lowest BCUT2D eigenvalue weighted by Crippen LogP contribution is -2.45. The highest BCUT2D eigenvalue weighted by atomic mass is 31.2. The molecule has 90 heavy (non-hydrogen) atoms. The highest BCUT2D eigenvalue weighted by Crippen LogP contribution is 2.43. The largest absolute Gasteiger partial charge is 0.472 e. The topological polar surface area (TPSA) is 105 Å². The van der Waals surface area contributed by atoms with E-state index in [0.717, 1.165) is 116 Å². The van der Waals surface area contributed by atoms with Crippen LogP contribution in [0.25, 0.3) is 0 Å². The van der Waals surface area contributed by atoms with Crippen molar-refractivity contribution < 1.29 is 32.9 Å². The van der Waals surface area contributed by atoms with E-state index in [4.69, 9.17) is 9.05 Å². The first-order chi connectivity index (χ1) is 44.0. The first-order valence-electron chi connectivity index (χ1n) is 36.9. The molecule has 0 saturated heterocycles. The summed E-state index contributed by atoms with van der Waals surface area (Å²) in [5.74, 6) is -0.200. The molecule has 0 rings (SSSR count). The third-order valence-corrected chi connectivity index (χ3v) is 16.7. The number of carbonyl (C=O) groups excluding carboxylic acids is 1. The second kappa shape index (κ2) is 69.5. The first-order valence-corrected chi connectivity index (χ1v) is 38.4. The Hall–Kier alpha value is -3.88. The first kappa shape index (κ1) is 86.1. The summed E-state index contributed by atoms with van der Waals surface area (Å²) in [5.41, 5.74) is 0. The van der Waals surface area contributed by atoms with Crippen molar-refractivity contribution in [1.29, 1.82) is 0 Å². The van der Waals surface area contributed by atoms with Crippen molar-refractivity contribution in [3.8, 4) is 0 Å². The van der Waals surface area contributed by atoms with Gasteiger partial charge < -0.3 is 19.8 Å². The van der Waals surface area contributed by atoms with Crippen LogP contribution in [-0.2, 0) is 18.4 Å². The molecule has 0 fully saturated rings. The summed E-state index contributed by atoms with van der Waals surface area (Å²) in [4.78, 5) is 23.4. The van der Waals surface area contributed by atoms with Gasteiger partial charge in [0.2, 0.25) is 5.91 Å². The van der Waals surface area contributed by atoms with Crippen LogP contribution in [0.15, 0.2) is 158 Å².